The number of rotatable bonds is 5. The fourth-order valence-electron chi connectivity index (χ4n) is 2.54. The average Bonchev–Trinajstić information content (AvgIpc) is 3.09. The molecule has 1 aliphatic rings. The van der Waals surface area contributed by atoms with Crippen LogP contribution in [0, 0.1) is 5.92 Å². The largest absolute Gasteiger partial charge is 0.350 e. The Kier molecular flexibility index (Phi) is 3.73. The third kappa shape index (κ3) is 3.12. The molecule has 2 aromatic rings. The summed E-state index contributed by atoms with van der Waals surface area (Å²) in [4.78, 5) is 16.2. The second-order valence-corrected chi connectivity index (χ2v) is 5.87. The highest BCUT2D eigenvalue weighted by Gasteiger charge is 2.38. The number of carbonyl (C=O) groups is 1. The van der Waals surface area contributed by atoms with Gasteiger partial charge in [0.2, 0.25) is 0 Å². The van der Waals surface area contributed by atoms with Crippen molar-refractivity contribution >= 4 is 5.91 Å². The van der Waals surface area contributed by atoms with Gasteiger partial charge < -0.3 is 5.32 Å². The van der Waals surface area contributed by atoms with Crippen molar-refractivity contribution in [2.24, 2.45) is 5.92 Å². The molecule has 2 atom stereocenters. The zero-order chi connectivity index (χ0) is 14.8. The minimum absolute atomic E-state index is 0.0914. The quantitative estimate of drug-likeness (QED) is 0.917. The highest BCUT2D eigenvalue weighted by atomic mass is 16.1. The van der Waals surface area contributed by atoms with E-state index in [9.17, 15) is 4.79 Å². The highest BCUT2D eigenvalue weighted by Crippen LogP contribution is 2.46. The molecule has 21 heavy (non-hydrogen) atoms. The number of nitrogens with zero attached hydrogens (tertiary/aromatic N) is 3. The molecule has 0 aromatic carbocycles. The van der Waals surface area contributed by atoms with Gasteiger partial charge in [0.15, 0.2) is 0 Å². The van der Waals surface area contributed by atoms with E-state index >= 15 is 0 Å². The first kappa shape index (κ1) is 13.8. The maximum absolute atomic E-state index is 12.1. The van der Waals surface area contributed by atoms with Gasteiger partial charge in [0.25, 0.3) is 5.91 Å². The molecule has 110 valence electrons. The zero-order valence-corrected chi connectivity index (χ0v) is 12.4. The number of amides is 1. The molecule has 5 heteroatoms. The van der Waals surface area contributed by atoms with Crippen LogP contribution in [0.1, 0.15) is 48.3 Å². The summed E-state index contributed by atoms with van der Waals surface area (Å²) in [5.41, 5.74) is 1.75. The van der Waals surface area contributed by atoms with Gasteiger partial charge >= 0.3 is 0 Å². The van der Waals surface area contributed by atoms with Crippen molar-refractivity contribution in [3.63, 3.8) is 0 Å². The molecule has 3 rings (SSSR count). The molecule has 0 unspecified atom stereocenters. The number of carbonyl (C=O) groups excluding carboxylic acids is 1. The third-order valence-corrected chi connectivity index (χ3v) is 3.93. The van der Waals surface area contributed by atoms with Crippen LogP contribution in [0.4, 0.5) is 0 Å². The summed E-state index contributed by atoms with van der Waals surface area (Å²) in [6, 6.07) is 6.09. The molecule has 5 nitrogen and oxygen atoms in total. The summed E-state index contributed by atoms with van der Waals surface area (Å²) < 4.78 is 1.80. The molecule has 0 aliphatic heterocycles. The Morgan fingerprint density at radius 3 is 3.00 bits per heavy atom. The van der Waals surface area contributed by atoms with Crippen LogP contribution >= 0.6 is 0 Å². The van der Waals surface area contributed by atoms with E-state index in [1.807, 2.05) is 32.3 Å². The van der Waals surface area contributed by atoms with Crippen LogP contribution in [0.15, 0.2) is 36.8 Å². The smallest absolute Gasteiger partial charge is 0.271 e. The summed E-state index contributed by atoms with van der Waals surface area (Å²) in [6.07, 6.45) is 6.66. The van der Waals surface area contributed by atoms with Crippen molar-refractivity contribution in [3.8, 4) is 0 Å². The molecular formula is C16H20N4O. The van der Waals surface area contributed by atoms with Gasteiger partial charge in [0.05, 0.1) is 0 Å². The second kappa shape index (κ2) is 5.68. The Hall–Kier alpha value is -2.17. The van der Waals surface area contributed by atoms with Gasteiger partial charge in [-0.1, -0.05) is 6.07 Å². The zero-order valence-electron chi connectivity index (χ0n) is 12.4. The molecule has 1 amide bonds. The number of hydrogen-bond acceptors (Lipinski definition) is 3. The van der Waals surface area contributed by atoms with E-state index in [1.165, 1.54) is 5.56 Å². The standard InChI is InChI=1S/C16H20N4O/c1-11(2)20-7-5-15(19-20)16(21)18-10-13-8-14(13)12-4-3-6-17-9-12/h3-7,9,11,13-14H,8,10H2,1-2H3,(H,18,21)/t13-,14-/m0/s1. The average molecular weight is 284 g/mol. The fourth-order valence-corrected chi connectivity index (χ4v) is 2.54. The normalized spacial score (nSPS) is 20.5. The van der Waals surface area contributed by atoms with Gasteiger partial charge in [-0.2, -0.15) is 5.10 Å². The van der Waals surface area contributed by atoms with Gasteiger partial charge in [-0.15, -0.1) is 0 Å². The van der Waals surface area contributed by atoms with E-state index in [-0.39, 0.29) is 11.9 Å². The van der Waals surface area contributed by atoms with Gasteiger partial charge in [-0.3, -0.25) is 14.5 Å². The Labute approximate surface area is 124 Å². The van der Waals surface area contributed by atoms with Crippen molar-refractivity contribution in [1.82, 2.24) is 20.1 Å². The van der Waals surface area contributed by atoms with Crippen molar-refractivity contribution in [3.05, 3.63) is 48.0 Å². The predicted octanol–water partition coefficient (Wildman–Crippen LogP) is 2.39. The first-order chi connectivity index (χ1) is 10.1. The second-order valence-electron chi connectivity index (χ2n) is 5.87. The van der Waals surface area contributed by atoms with E-state index in [0.717, 1.165) is 6.42 Å². The molecule has 0 radical (unpaired) electrons. The van der Waals surface area contributed by atoms with Crippen molar-refractivity contribution in [1.29, 1.82) is 0 Å². The van der Waals surface area contributed by atoms with Crippen LogP contribution in [0.2, 0.25) is 0 Å². The number of nitrogens with one attached hydrogen (secondary N) is 1. The predicted molar refractivity (Wildman–Crippen MR) is 80.0 cm³/mol. The van der Waals surface area contributed by atoms with Crippen molar-refractivity contribution < 1.29 is 4.79 Å². The Morgan fingerprint density at radius 1 is 1.48 bits per heavy atom. The maximum atomic E-state index is 12.1. The summed E-state index contributed by atoms with van der Waals surface area (Å²) in [6.45, 7) is 4.78. The molecule has 0 saturated heterocycles. The van der Waals surface area contributed by atoms with E-state index in [4.69, 9.17) is 0 Å². The Balaban J connectivity index is 1.51. The first-order valence-corrected chi connectivity index (χ1v) is 7.38. The number of pyridine rings is 1. The summed E-state index contributed by atoms with van der Waals surface area (Å²) >= 11 is 0. The first-order valence-electron chi connectivity index (χ1n) is 7.38. The molecule has 1 fully saturated rings. The van der Waals surface area contributed by atoms with Gasteiger partial charge in [-0.05, 0) is 49.8 Å². The lowest BCUT2D eigenvalue weighted by Gasteiger charge is -2.05. The van der Waals surface area contributed by atoms with Gasteiger partial charge in [0.1, 0.15) is 5.69 Å². The van der Waals surface area contributed by atoms with Crippen LogP contribution in [0.25, 0.3) is 0 Å². The van der Waals surface area contributed by atoms with E-state index < -0.39 is 0 Å². The summed E-state index contributed by atoms with van der Waals surface area (Å²) in [7, 11) is 0. The Morgan fingerprint density at radius 2 is 2.33 bits per heavy atom. The monoisotopic (exact) mass is 284 g/mol. The molecule has 1 N–H and O–H groups in total. The van der Waals surface area contributed by atoms with E-state index in [0.29, 0.717) is 24.1 Å². The van der Waals surface area contributed by atoms with Gasteiger partial charge in [0, 0.05) is 31.2 Å². The lowest BCUT2D eigenvalue weighted by molar-refractivity contribution is 0.0945. The molecular weight excluding hydrogens is 264 g/mol. The molecule has 2 aromatic heterocycles. The molecule has 1 aliphatic carbocycles. The van der Waals surface area contributed by atoms with Crippen molar-refractivity contribution in [2.75, 3.05) is 6.54 Å². The minimum atomic E-state index is -0.0914. The maximum Gasteiger partial charge on any atom is 0.271 e. The van der Waals surface area contributed by atoms with E-state index in [2.05, 4.69) is 21.5 Å². The van der Waals surface area contributed by atoms with E-state index in [1.54, 1.807) is 16.9 Å². The lowest BCUT2D eigenvalue weighted by Crippen LogP contribution is -2.26. The Bertz CT molecular complexity index is 620. The van der Waals surface area contributed by atoms with Crippen LogP contribution < -0.4 is 5.32 Å². The summed E-state index contributed by atoms with van der Waals surface area (Å²) in [5, 5.41) is 7.26. The lowest BCUT2D eigenvalue weighted by atomic mass is 10.1. The van der Waals surface area contributed by atoms with Gasteiger partial charge in [-0.25, -0.2) is 0 Å². The minimum Gasteiger partial charge on any atom is -0.350 e. The summed E-state index contributed by atoms with van der Waals surface area (Å²) in [5.74, 6) is 0.962. The number of aromatic nitrogens is 3. The third-order valence-electron chi connectivity index (χ3n) is 3.93. The topological polar surface area (TPSA) is 59.8 Å². The van der Waals surface area contributed by atoms with Crippen molar-refractivity contribution in [2.45, 2.75) is 32.2 Å². The van der Waals surface area contributed by atoms with Crippen LogP contribution in [0.3, 0.4) is 0 Å². The number of hydrogen-bond donors (Lipinski definition) is 1. The SMILES string of the molecule is CC(C)n1ccc(C(=O)NC[C@@H]2C[C@H]2c2cccnc2)n1. The fraction of sp³-hybridized carbons (Fsp3) is 0.438. The molecule has 0 bridgehead atoms. The molecule has 1 saturated carbocycles. The van der Waals surface area contributed by atoms with Crippen LogP contribution in [-0.2, 0) is 0 Å². The highest BCUT2D eigenvalue weighted by molar-refractivity contribution is 5.92. The molecule has 0 spiro atoms. The molecule has 2 heterocycles. The van der Waals surface area contributed by atoms with Crippen LogP contribution in [-0.4, -0.2) is 27.2 Å². The van der Waals surface area contributed by atoms with Crippen LogP contribution in [0.5, 0.6) is 0 Å².